The van der Waals surface area contributed by atoms with Crippen LogP contribution in [0.2, 0.25) is 0 Å². The Hall–Kier alpha value is -9.41. The number of anilines is 3. The van der Waals surface area contributed by atoms with E-state index in [2.05, 4.69) is 15.0 Å². The average Bonchev–Trinajstić information content (AvgIpc) is 1.67. The maximum Gasteiger partial charge on any atom is 0.414 e. The number of ether oxygens (including phenoxy) is 20. The molecule has 0 N–H and O–H groups in total. The number of hydrogen-bond acceptors (Lipinski definition) is 29. The monoisotopic (exact) mass is 1750 g/mol. The Labute approximate surface area is 735 Å². The number of amides is 3. The van der Waals surface area contributed by atoms with Crippen LogP contribution >= 0.6 is 0 Å². The van der Waals surface area contributed by atoms with Gasteiger partial charge in [-0.15, -0.1) is 0 Å². The van der Waals surface area contributed by atoms with Crippen molar-refractivity contribution in [1.29, 1.82) is 0 Å². The Balaban J connectivity index is 0.000000253. The van der Waals surface area contributed by atoms with Crippen LogP contribution in [0.15, 0.2) is 148 Å². The third kappa shape index (κ3) is 32.1. The van der Waals surface area contributed by atoms with E-state index in [-0.39, 0.29) is 107 Å². The molecule has 0 saturated carbocycles. The number of epoxide rings is 5. The lowest BCUT2D eigenvalue weighted by Gasteiger charge is -2.25. The van der Waals surface area contributed by atoms with Gasteiger partial charge < -0.3 is 94.7 Å². The number of aliphatic imine (C=N–C) groups is 3. The fourth-order valence-electron chi connectivity index (χ4n) is 14.1. The minimum atomic E-state index is -0.583. The van der Waals surface area contributed by atoms with Crippen molar-refractivity contribution in [3.05, 3.63) is 178 Å². The Kier molecular flexibility index (Phi) is 37.8. The molecule has 8 fully saturated rings. The number of para-hydroxylation sites is 6. The van der Waals surface area contributed by atoms with Crippen molar-refractivity contribution in [3.63, 3.8) is 0 Å². The summed E-state index contributed by atoms with van der Waals surface area (Å²) in [5.74, 6) is 0. The predicted molar refractivity (Wildman–Crippen MR) is 461 cm³/mol. The largest absolute Gasteiger partial charge is 0.441 e. The highest BCUT2D eigenvalue weighted by Gasteiger charge is 2.40. The molecule has 32 heteroatoms. The van der Waals surface area contributed by atoms with Crippen molar-refractivity contribution in [2.45, 2.75) is 179 Å². The predicted octanol–water partition coefficient (Wildman–Crippen LogP) is 11.9. The van der Waals surface area contributed by atoms with Crippen LogP contribution in [0.4, 0.5) is 48.5 Å². The van der Waals surface area contributed by atoms with Crippen LogP contribution < -0.4 is 14.7 Å². The first-order chi connectivity index (χ1) is 61.3. The first-order valence-electron chi connectivity index (χ1n) is 43.3. The Morgan fingerprint density at radius 2 is 0.563 bits per heavy atom. The molecule has 32 nitrogen and oxygen atoms in total. The summed E-state index contributed by atoms with van der Waals surface area (Å²) in [5.41, 5.74) is 10.1. The first kappa shape index (κ1) is 95.7. The highest BCUT2D eigenvalue weighted by Crippen LogP contribution is 2.39. The Bertz CT molecular complexity index is 4370. The van der Waals surface area contributed by atoms with E-state index in [1.54, 1.807) is 57.2 Å². The molecule has 0 spiro atoms. The fourth-order valence-corrected chi connectivity index (χ4v) is 14.1. The molecule has 8 aliphatic rings. The number of carbonyl (C=O) groups excluding carboxylic acids is 6. The molecule has 0 radical (unpaired) electrons. The van der Waals surface area contributed by atoms with Crippen molar-refractivity contribution in [3.8, 4) is 0 Å². The quantitative estimate of drug-likeness (QED) is 0.0148. The van der Waals surface area contributed by atoms with Crippen molar-refractivity contribution in [2.75, 3.05) is 173 Å². The van der Waals surface area contributed by atoms with Gasteiger partial charge in [0.05, 0.1) is 241 Å². The van der Waals surface area contributed by atoms with E-state index >= 15 is 0 Å². The Morgan fingerprint density at radius 1 is 0.302 bits per heavy atom. The molecule has 0 aliphatic carbocycles. The summed E-state index contributed by atoms with van der Waals surface area (Å²) in [6.45, 7) is 27.5. The van der Waals surface area contributed by atoms with E-state index in [0.717, 1.165) is 77.5 Å². The van der Waals surface area contributed by atoms with Crippen molar-refractivity contribution < 1.29 is 124 Å². The SMILES string of the molecule is CC(COCC1CO1)OCC(C)OCC1CN(c2ccccc2Cc2cccc(Cc3ccccc3N3CC(COC(C)COC(C)COCC4CO4)OC3=O)c2N2CC(COC(C)COC(C)COCC3CO3)OC2=O)C(=O)O1.CC(COCC1CO1)OCC(C)OCC1CO1.O=C=Nc1ccccc1Cc1cccc(Cc2ccccc2N=C=O)c1N=C=O. The topological polar surface area (TPSA) is 350 Å². The van der Waals surface area contributed by atoms with Crippen LogP contribution in [0, 0.1) is 0 Å². The van der Waals surface area contributed by atoms with Crippen molar-refractivity contribution in [1.82, 2.24) is 0 Å². The van der Waals surface area contributed by atoms with Crippen LogP contribution in [0.25, 0.3) is 0 Å². The molecule has 8 saturated heterocycles. The smallest absolute Gasteiger partial charge is 0.414 e. The third-order valence-electron chi connectivity index (χ3n) is 21.2. The highest BCUT2D eigenvalue weighted by molar-refractivity contribution is 5.94. The van der Waals surface area contributed by atoms with Crippen LogP contribution in [-0.2, 0) is 135 Å². The van der Waals surface area contributed by atoms with Crippen LogP contribution in [-0.4, -0.2) is 293 Å². The van der Waals surface area contributed by atoms with Gasteiger partial charge in [-0.1, -0.05) is 109 Å². The Morgan fingerprint density at radius 3 is 0.897 bits per heavy atom. The molecular formula is C94H118N6O26. The lowest BCUT2D eigenvalue weighted by Crippen LogP contribution is -2.30. The van der Waals surface area contributed by atoms with E-state index in [9.17, 15) is 28.8 Å². The molecule has 126 heavy (non-hydrogen) atoms. The summed E-state index contributed by atoms with van der Waals surface area (Å²) in [5, 5.41) is 0. The number of rotatable bonds is 54. The van der Waals surface area contributed by atoms with Gasteiger partial charge in [-0.2, -0.15) is 15.0 Å². The van der Waals surface area contributed by atoms with E-state index in [4.69, 9.17) is 94.7 Å². The second-order valence-electron chi connectivity index (χ2n) is 32.6. The minimum Gasteiger partial charge on any atom is -0.441 e. The molecule has 14 rings (SSSR count). The zero-order chi connectivity index (χ0) is 88.5. The summed E-state index contributed by atoms with van der Waals surface area (Å²) in [6, 6.07) is 41.3. The number of nitrogens with zero attached hydrogens (tertiary/aromatic N) is 6. The summed E-state index contributed by atoms with van der Waals surface area (Å²) >= 11 is 0. The van der Waals surface area contributed by atoms with Gasteiger partial charge >= 0.3 is 18.3 Å². The molecule has 16 atom stereocenters. The van der Waals surface area contributed by atoms with E-state index in [1.807, 2.05) is 165 Å². The van der Waals surface area contributed by atoms with E-state index in [1.165, 1.54) is 0 Å². The molecule has 3 amide bonds. The van der Waals surface area contributed by atoms with Gasteiger partial charge in [0, 0.05) is 25.7 Å². The van der Waals surface area contributed by atoms with Crippen molar-refractivity contribution in [2.24, 2.45) is 15.0 Å². The number of isocyanates is 3. The van der Waals surface area contributed by atoms with E-state index in [0.29, 0.717) is 158 Å². The van der Waals surface area contributed by atoms with Crippen LogP contribution in [0.1, 0.15) is 99.9 Å². The minimum absolute atomic E-state index is 0.0944. The lowest BCUT2D eigenvalue weighted by atomic mass is 9.94. The molecule has 0 aromatic heterocycles. The van der Waals surface area contributed by atoms with Gasteiger partial charge in [0.15, 0.2) is 0 Å². The summed E-state index contributed by atoms with van der Waals surface area (Å²) < 4.78 is 113. The second-order valence-corrected chi connectivity index (χ2v) is 32.6. The molecule has 8 aliphatic heterocycles. The summed E-state index contributed by atoms with van der Waals surface area (Å²) in [4.78, 5) is 90.4. The zero-order valence-electron chi connectivity index (χ0n) is 73.0. The van der Waals surface area contributed by atoms with Gasteiger partial charge in [0.2, 0.25) is 18.2 Å². The van der Waals surface area contributed by atoms with Gasteiger partial charge in [-0.3, -0.25) is 14.7 Å². The van der Waals surface area contributed by atoms with Crippen molar-refractivity contribution >= 4 is 70.6 Å². The fraction of sp³-hybridized carbons (Fsp3) is 0.553. The molecule has 8 heterocycles. The second kappa shape index (κ2) is 49.8. The normalized spacial score (nSPS) is 21.9. The maximum atomic E-state index is 14.2. The molecule has 0 bridgehead atoms. The highest BCUT2D eigenvalue weighted by atomic mass is 16.7. The molecule has 16 unspecified atom stereocenters. The van der Waals surface area contributed by atoms with Gasteiger partial charge in [-0.05, 0) is 124 Å². The average molecular weight is 1750 g/mol. The number of cyclic esters (lactones) is 3. The number of hydrogen-bond donors (Lipinski definition) is 0. The molecule has 6 aromatic carbocycles. The first-order valence-corrected chi connectivity index (χ1v) is 43.3. The van der Waals surface area contributed by atoms with Crippen LogP contribution in [0.3, 0.4) is 0 Å². The van der Waals surface area contributed by atoms with Gasteiger partial charge in [-0.25, -0.2) is 28.8 Å². The van der Waals surface area contributed by atoms with Gasteiger partial charge in [0.1, 0.15) is 48.8 Å². The summed E-state index contributed by atoms with van der Waals surface area (Å²) in [6.07, 6.45) is 3.45. The van der Waals surface area contributed by atoms with Gasteiger partial charge in [0.25, 0.3) is 0 Å². The molecular weight excluding hydrogens is 1630 g/mol. The van der Waals surface area contributed by atoms with Crippen LogP contribution in [0.5, 0.6) is 0 Å². The maximum absolute atomic E-state index is 14.2. The molecule has 6 aromatic rings. The third-order valence-corrected chi connectivity index (χ3v) is 21.2. The number of carbonyl (C=O) groups is 3. The molecule has 680 valence electrons. The lowest BCUT2D eigenvalue weighted by molar-refractivity contribution is -0.0694. The van der Waals surface area contributed by atoms with E-state index < -0.39 is 36.6 Å². The zero-order valence-corrected chi connectivity index (χ0v) is 73.0. The number of benzene rings is 6. The summed E-state index contributed by atoms with van der Waals surface area (Å²) in [7, 11) is 0. The standard InChI is InChI=1S/C59H81N3O18.C23H15N3O3.C12H22O5/c1-38(23-66-29-51-35-75-51)69-26-41(4)72-32-48-20-60(57(63)78-48)54-16-9-7-12-44(54)18-46-14-11-15-47(56(46)62-22-50(80-59(62)65)34-74-43(6)28-71-40(3)25-68-31-53-37-77-53)19-45-13-8-10-17-55(45)61-21-49(79-58(61)64)33-73-42(5)27-70-39(2)24-67-30-52-36-76-52;27-14-24-21-10-3-1-6-17(21)12-19-8-5-9-20(23(19)26-16-29)13-18-7-2-4-11-22(18)25-15-28;1-9(3-13-5-11-7-16-11)14-4-10(2)15-6-12-8-17-12/h7-17,38-43,48-53H,18-37H2,1-6H3;1-11H,12-13H2;9-12H,3-8H2,1-2H3.